The molecule has 8 nitrogen and oxygen atoms in total. The van der Waals surface area contributed by atoms with E-state index < -0.39 is 12.0 Å². The van der Waals surface area contributed by atoms with E-state index in [4.69, 9.17) is 26.3 Å². The smallest absolute Gasteiger partial charge is 0.216 e. The van der Waals surface area contributed by atoms with Crippen LogP contribution < -0.4 is 4.90 Å². The van der Waals surface area contributed by atoms with Gasteiger partial charge in [-0.3, -0.25) is 9.88 Å². The van der Waals surface area contributed by atoms with E-state index in [9.17, 15) is 5.11 Å². The topological polar surface area (TPSA) is 87.5 Å². The molecule has 2 fully saturated rings. The Morgan fingerprint density at radius 2 is 1.88 bits per heavy atom. The zero-order valence-electron chi connectivity index (χ0n) is 19.2. The van der Waals surface area contributed by atoms with Gasteiger partial charge in [0, 0.05) is 49.5 Å². The Bertz CT molecular complexity index is 1160. The number of aliphatic hydroxyl groups excluding tert-OH is 1. The Hall–Kier alpha value is -2.39. The van der Waals surface area contributed by atoms with Crippen molar-refractivity contribution in [3.63, 3.8) is 0 Å². The number of hydrogen-bond acceptors (Lipinski definition) is 8. The lowest BCUT2D eigenvalue weighted by Crippen LogP contribution is -2.52. The molecule has 1 aliphatic heterocycles. The fourth-order valence-electron chi connectivity index (χ4n) is 4.24. The van der Waals surface area contributed by atoms with Crippen LogP contribution in [0.1, 0.15) is 45.1 Å². The standard InChI is InChI=1S/C24H29ClN6O2/c1-24(2,3)33-23(32)31-10-8-30(9-11-31)22-20-17(15-4-5-15)13-26-14-18(20)28-21(29-22)16-6-7-27-19(25)12-16/h6-7,12-15,23,32H,4-5,8-11H2,1-3H3. The van der Waals surface area contributed by atoms with Crippen LogP contribution in [0.4, 0.5) is 5.82 Å². The normalized spacial score (nSPS) is 18.6. The number of rotatable bonds is 5. The predicted molar refractivity (Wildman–Crippen MR) is 128 cm³/mol. The van der Waals surface area contributed by atoms with E-state index in [0.717, 1.165) is 35.4 Å². The average Bonchev–Trinajstić information content (AvgIpc) is 3.62. The van der Waals surface area contributed by atoms with E-state index in [-0.39, 0.29) is 0 Å². The number of pyridine rings is 2. The molecule has 0 amide bonds. The fourth-order valence-corrected chi connectivity index (χ4v) is 4.41. The summed E-state index contributed by atoms with van der Waals surface area (Å²) in [6.45, 7) is 8.62. The van der Waals surface area contributed by atoms with Gasteiger partial charge >= 0.3 is 0 Å². The maximum atomic E-state index is 10.5. The first-order valence-corrected chi connectivity index (χ1v) is 11.8. The lowest BCUT2D eigenvalue weighted by molar-refractivity contribution is -0.239. The van der Waals surface area contributed by atoms with Crippen molar-refractivity contribution in [3.05, 3.63) is 41.4 Å². The Balaban J connectivity index is 1.50. The minimum atomic E-state index is -0.921. The van der Waals surface area contributed by atoms with Crippen molar-refractivity contribution in [2.24, 2.45) is 0 Å². The molecule has 0 spiro atoms. The summed E-state index contributed by atoms with van der Waals surface area (Å²) in [4.78, 5) is 22.7. The number of nitrogens with zero attached hydrogens (tertiary/aromatic N) is 6. The molecule has 2 aliphatic rings. The fraction of sp³-hybridized carbons (Fsp3) is 0.500. The average molecular weight is 469 g/mol. The van der Waals surface area contributed by atoms with Gasteiger partial charge in [0.15, 0.2) is 5.82 Å². The molecular weight excluding hydrogens is 440 g/mol. The molecule has 0 radical (unpaired) electrons. The second-order valence-electron chi connectivity index (χ2n) is 9.71. The van der Waals surface area contributed by atoms with Crippen molar-refractivity contribution in [1.29, 1.82) is 0 Å². The number of piperazine rings is 1. The van der Waals surface area contributed by atoms with Crippen LogP contribution >= 0.6 is 11.6 Å². The summed E-state index contributed by atoms with van der Waals surface area (Å²) in [6.07, 6.45) is 6.87. The van der Waals surface area contributed by atoms with Crippen molar-refractivity contribution in [2.45, 2.75) is 51.5 Å². The maximum absolute atomic E-state index is 10.5. The van der Waals surface area contributed by atoms with E-state index in [0.29, 0.717) is 30.0 Å². The Labute approximate surface area is 198 Å². The number of aromatic nitrogens is 4. The molecule has 174 valence electrons. The summed E-state index contributed by atoms with van der Waals surface area (Å²) >= 11 is 6.14. The van der Waals surface area contributed by atoms with Crippen LogP contribution in [0.25, 0.3) is 22.3 Å². The summed E-state index contributed by atoms with van der Waals surface area (Å²) in [6, 6.07) is 3.65. The lowest BCUT2D eigenvalue weighted by atomic mass is 10.1. The molecule has 1 saturated heterocycles. The second kappa shape index (κ2) is 8.76. The highest BCUT2D eigenvalue weighted by Crippen LogP contribution is 2.45. The molecule has 1 N–H and O–H groups in total. The minimum Gasteiger partial charge on any atom is -0.356 e. The summed E-state index contributed by atoms with van der Waals surface area (Å²) in [7, 11) is 0. The highest BCUT2D eigenvalue weighted by Gasteiger charge is 2.31. The van der Waals surface area contributed by atoms with Gasteiger partial charge in [-0.15, -0.1) is 0 Å². The van der Waals surface area contributed by atoms with E-state index >= 15 is 0 Å². The van der Waals surface area contributed by atoms with Gasteiger partial charge in [-0.1, -0.05) is 11.6 Å². The highest BCUT2D eigenvalue weighted by atomic mass is 35.5. The van der Waals surface area contributed by atoms with Gasteiger partial charge in [-0.25, -0.2) is 15.0 Å². The molecule has 1 atom stereocenters. The molecular formula is C24H29ClN6O2. The van der Waals surface area contributed by atoms with Crippen LogP contribution in [-0.2, 0) is 4.74 Å². The van der Waals surface area contributed by atoms with Crippen LogP contribution in [0, 0.1) is 0 Å². The number of halogens is 1. The highest BCUT2D eigenvalue weighted by molar-refractivity contribution is 6.29. The number of hydrogen-bond donors (Lipinski definition) is 1. The summed E-state index contributed by atoms with van der Waals surface area (Å²) in [5.41, 5.74) is 2.47. The van der Waals surface area contributed by atoms with Gasteiger partial charge < -0.3 is 14.7 Å². The van der Waals surface area contributed by atoms with E-state index in [1.807, 2.05) is 44.1 Å². The van der Waals surface area contributed by atoms with Crippen LogP contribution in [0.2, 0.25) is 5.15 Å². The molecule has 0 bridgehead atoms. The molecule has 0 aromatic carbocycles. The van der Waals surface area contributed by atoms with Gasteiger partial charge in [-0.2, -0.15) is 0 Å². The third-order valence-electron chi connectivity index (χ3n) is 6.00. The predicted octanol–water partition coefficient (Wildman–Crippen LogP) is 3.83. The van der Waals surface area contributed by atoms with E-state index in [2.05, 4.69) is 14.9 Å². The van der Waals surface area contributed by atoms with Crippen molar-refractivity contribution in [1.82, 2.24) is 24.8 Å². The molecule has 4 heterocycles. The molecule has 3 aromatic rings. The zero-order valence-corrected chi connectivity index (χ0v) is 20.0. The Morgan fingerprint density at radius 3 is 2.55 bits per heavy atom. The first kappa shape index (κ1) is 22.4. The monoisotopic (exact) mass is 468 g/mol. The Kier molecular flexibility index (Phi) is 5.95. The number of anilines is 1. The minimum absolute atomic E-state index is 0.407. The van der Waals surface area contributed by atoms with E-state index in [1.165, 1.54) is 18.4 Å². The van der Waals surface area contributed by atoms with Crippen molar-refractivity contribution < 1.29 is 9.84 Å². The van der Waals surface area contributed by atoms with Gasteiger partial charge in [-0.05, 0) is 57.2 Å². The largest absolute Gasteiger partial charge is 0.356 e. The number of ether oxygens (including phenoxy) is 1. The molecule has 9 heteroatoms. The van der Waals surface area contributed by atoms with Crippen LogP contribution in [-0.4, -0.2) is 68.1 Å². The summed E-state index contributed by atoms with van der Waals surface area (Å²) < 4.78 is 5.75. The quantitative estimate of drug-likeness (QED) is 0.446. The first-order valence-electron chi connectivity index (χ1n) is 11.4. The van der Waals surface area contributed by atoms with Crippen LogP contribution in [0.3, 0.4) is 0 Å². The first-order chi connectivity index (χ1) is 15.8. The summed E-state index contributed by atoms with van der Waals surface area (Å²) in [5, 5.41) is 12.0. The molecule has 33 heavy (non-hydrogen) atoms. The lowest BCUT2D eigenvalue weighted by Gasteiger charge is -2.39. The molecule has 5 rings (SSSR count). The van der Waals surface area contributed by atoms with Crippen molar-refractivity contribution in [3.8, 4) is 11.4 Å². The van der Waals surface area contributed by atoms with Gasteiger partial charge in [0.25, 0.3) is 0 Å². The van der Waals surface area contributed by atoms with E-state index in [1.54, 1.807) is 12.3 Å². The molecule has 1 aliphatic carbocycles. The van der Waals surface area contributed by atoms with Crippen LogP contribution in [0.15, 0.2) is 30.7 Å². The molecule has 3 aromatic heterocycles. The summed E-state index contributed by atoms with van der Waals surface area (Å²) in [5.74, 6) is 2.04. The van der Waals surface area contributed by atoms with Crippen LogP contribution in [0.5, 0.6) is 0 Å². The second-order valence-corrected chi connectivity index (χ2v) is 10.1. The number of fused-ring (bicyclic) bond motifs is 1. The Morgan fingerprint density at radius 1 is 1.12 bits per heavy atom. The molecule has 1 saturated carbocycles. The van der Waals surface area contributed by atoms with Gasteiger partial charge in [0.1, 0.15) is 11.0 Å². The van der Waals surface area contributed by atoms with Crippen molar-refractivity contribution in [2.75, 3.05) is 31.1 Å². The van der Waals surface area contributed by atoms with Gasteiger partial charge in [0.2, 0.25) is 6.41 Å². The van der Waals surface area contributed by atoms with Gasteiger partial charge in [0.05, 0.1) is 17.3 Å². The molecule has 1 unspecified atom stereocenters. The number of aliphatic hydroxyl groups is 1. The SMILES string of the molecule is CC(C)(C)OC(O)N1CCN(c2nc(-c3ccnc(Cl)c3)nc3cncc(C4CC4)c23)CC1. The zero-order chi connectivity index (χ0) is 23.2. The van der Waals surface area contributed by atoms with Crippen molar-refractivity contribution >= 4 is 28.3 Å². The maximum Gasteiger partial charge on any atom is 0.216 e. The third kappa shape index (κ3) is 4.94. The third-order valence-corrected chi connectivity index (χ3v) is 6.21.